The van der Waals surface area contributed by atoms with Gasteiger partial charge >= 0.3 is 11.9 Å². The van der Waals surface area contributed by atoms with Crippen molar-refractivity contribution in [2.24, 2.45) is 5.10 Å². The van der Waals surface area contributed by atoms with Crippen LogP contribution in [-0.4, -0.2) is 25.4 Å². The van der Waals surface area contributed by atoms with E-state index < -0.39 is 22.4 Å². The number of benzene rings is 3. The molecule has 0 radical (unpaired) electrons. The molecule has 5 rings (SSSR count). The minimum Gasteiger partial charge on any atom is -0.450 e. The van der Waals surface area contributed by atoms with Crippen LogP contribution in [0.4, 0.5) is 18.9 Å². The highest BCUT2D eigenvalue weighted by molar-refractivity contribution is 9.10. The predicted molar refractivity (Wildman–Crippen MR) is 164 cm³/mol. The fraction of sp³-hybridized carbons (Fsp3) is 0.194. The third-order valence-electron chi connectivity index (χ3n) is 6.94. The monoisotopic (exact) mass is 667 g/mol. The molecule has 226 valence electrons. The Bertz CT molecular complexity index is 2000. The summed E-state index contributed by atoms with van der Waals surface area (Å²) in [6.07, 6.45) is -3.11. The molecule has 0 amide bonds. The number of rotatable bonds is 7. The molecular weight excluding hydrogens is 643 g/mol. The second-order valence-electron chi connectivity index (χ2n) is 10.3. The Kier molecular flexibility index (Phi) is 8.17. The lowest BCUT2D eigenvalue weighted by Gasteiger charge is -2.13. The van der Waals surface area contributed by atoms with Crippen LogP contribution in [0.2, 0.25) is 0 Å². The Morgan fingerprint density at radius 2 is 1.75 bits per heavy atom. The van der Waals surface area contributed by atoms with Crippen molar-refractivity contribution in [1.82, 2.24) is 14.2 Å². The number of hydrogen-bond donors (Lipinski definition) is 0. The molecule has 3 aromatic carbocycles. The maximum Gasteiger partial charge on any atom is 0.416 e. The molecule has 0 aliphatic heterocycles. The highest BCUT2D eigenvalue weighted by atomic mass is 79.9. The van der Waals surface area contributed by atoms with Crippen LogP contribution in [0.3, 0.4) is 0 Å². The average molecular weight is 668 g/mol. The quantitative estimate of drug-likeness (QED) is 0.0986. The van der Waals surface area contributed by atoms with E-state index in [1.807, 2.05) is 44.4 Å². The SMILES string of the molecule is Cc1cc(C=Nn2c(C(C)C)nc3ccc(Br)cc3c2=O)c(C)n1-c1ccc(Oc2ccc(C(F)(F)F)cc2[N+](=O)[O-])cc1. The van der Waals surface area contributed by atoms with E-state index in [1.54, 1.807) is 42.6 Å². The van der Waals surface area contributed by atoms with Crippen molar-refractivity contribution in [1.29, 1.82) is 0 Å². The van der Waals surface area contributed by atoms with E-state index >= 15 is 0 Å². The van der Waals surface area contributed by atoms with Gasteiger partial charge in [0.15, 0.2) is 0 Å². The first kappa shape index (κ1) is 30.7. The molecule has 0 atom stereocenters. The normalized spacial score (nSPS) is 12.0. The first-order valence-corrected chi connectivity index (χ1v) is 14.1. The number of nitrogens with zero attached hydrogens (tertiary/aromatic N) is 5. The fourth-order valence-electron chi connectivity index (χ4n) is 4.80. The topological polar surface area (TPSA) is 105 Å². The van der Waals surface area contributed by atoms with Gasteiger partial charge in [0.2, 0.25) is 5.75 Å². The zero-order valence-corrected chi connectivity index (χ0v) is 25.5. The number of hydrogen-bond acceptors (Lipinski definition) is 6. The van der Waals surface area contributed by atoms with E-state index in [0.29, 0.717) is 22.8 Å². The summed E-state index contributed by atoms with van der Waals surface area (Å²) in [7, 11) is 0. The van der Waals surface area contributed by atoms with Crippen LogP contribution < -0.4 is 10.3 Å². The zero-order valence-electron chi connectivity index (χ0n) is 23.9. The third-order valence-corrected chi connectivity index (χ3v) is 7.43. The maximum absolute atomic E-state index is 13.4. The zero-order chi connectivity index (χ0) is 31.9. The molecule has 2 aromatic heterocycles. The van der Waals surface area contributed by atoms with Gasteiger partial charge in [0.25, 0.3) is 5.56 Å². The molecular formula is C31H25BrF3N5O4. The van der Waals surface area contributed by atoms with Crippen molar-refractivity contribution in [3.63, 3.8) is 0 Å². The lowest BCUT2D eigenvalue weighted by Crippen LogP contribution is -2.23. The molecule has 0 unspecified atom stereocenters. The number of ether oxygens (including phenoxy) is 1. The molecule has 0 saturated heterocycles. The van der Waals surface area contributed by atoms with Crippen LogP contribution in [0, 0.1) is 24.0 Å². The van der Waals surface area contributed by atoms with Gasteiger partial charge in [0.05, 0.1) is 27.6 Å². The smallest absolute Gasteiger partial charge is 0.416 e. The molecule has 5 aromatic rings. The number of nitro benzene ring substituents is 1. The van der Waals surface area contributed by atoms with Crippen molar-refractivity contribution in [3.05, 3.63) is 120 Å². The molecule has 0 N–H and O–H groups in total. The van der Waals surface area contributed by atoms with Crippen molar-refractivity contribution in [3.8, 4) is 17.2 Å². The summed E-state index contributed by atoms with van der Waals surface area (Å²) in [6.45, 7) is 7.67. The molecule has 0 bridgehead atoms. The summed E-state index contributed by atoms with van der Waals surface area (Å²) in [6, 6.07) is 15.9. The Morgan fingerprint density at radius 1 is 1.05 bits per heavy atom. The van der Waals surface area contributed by atoms with E-state index in [0.717, 1.165) is 39.2 Å². The van der Waals surface area contributed by atoms with E-state index in [4.69, 9.17) is 4.74 Å². The molecule has 0 fully saturated rings. The summed E-state index contributed by atoms with van der Waals surface area (Å²) >= 11 is 3.41. The Labute approximate surface area is 257 Å². The molecule has 0 spiro atoms. The lowest BCUT2D eigenvalue weighted by atomic mass is 10.2. The molecule has 0 aliphatic carbocycles. The largest absolute Gasteiger partial charge is 0.450 e. The first-order chi connectivity index (χ1) is 20.7. The van der Waals surface area contributed by atoms with Crippen LogP contribution in [0.1, 0.15) is 48.1 Å². The maximum atomic E-state index is 13.4. The van der Waals surface area contributed by atoms with Gasteiger partial charge in [-0.1, -0.05) is 29.8 Å². The van der Waals surface area contributed by atoms with Crippen molar-refractivity contribution in [2.45, 2.75) is 39.8 Å². The van der Waals surface area contributed by atoms with Gasteiger partial charge in [-0.3, -0.25) is 14.9 Å². The van der Waals surface area contributed by atoms with Crippen molar-refractivity contribution in [2.75, 3.05) is 0 Å². The van der Waals surface area contributed by atoms with Gasteiger partial charge in [-0.25, -0.2) is 4.98 Å². The molecule has 9 nitrogen and oxygen atoms in total. The van der Waals surface area contributed by atoms with E-state index in [9.17, 15) is 28.1 Å². The summed E-state index contributed by atoms with van der Waals surface area (Å²) < 4.78 is 48.7. The standard InChI is InChI=1S/C31H25BrF3N5O4/c1-17(2)29-37-26-11-6-22(32)15-25(26)30(41)39(29)36-16-20-13-18(3)38(19(20)4)23-7-9-24(10-8-23)44-28-12-5-21(31(33,34)35)14-27(28)40(42)43/h5-17H,1-4H3. The van der Waals surface area contributed by atoms with Gasteiger partial charge < -0.3 is 9.30 Å². The number of aromatic nitrogens is 3. The second-order valence-corrected chi connectivity index (χ2v) is 11.3. The highest BCUT2D eigenvalue weighted by Crippen LogP contribution is 2.38. The van der Waals surface area contributed by atoms with Gasteiger partial charge in [-0.15, -0.1) is 0 Å². The molecule has 13 heteroatoms. The second kappa shape index (κ2) is 11.7. The van der Waals surface area contributed by atoms with Gasteiger partial charge in [-0.2, -0.15) is 22.9 Å². The molecule has 44 heavy (non-hydrogen) atoms. The predicted octanol–water partition coefficient (Wildman–Crippen LogP) is 8.29. The van der Waals surface area contributed by atoms with Crippen molar-refractivity contribution < 1.29 is 22.8 Å². The van der Waals surface area contributed by atoms with Crippen LogP contribution >= 0.6 is 15.9 Å². The van der Waals surface area contributed by atoms with Gasteiger partial charge in [-0.05, 0) is 74.5 Å². The molecule has 0 saturated carbocycles. The van der Waals surface area contributed by atoms with Crippen LogP contribution in [-0.2, 0) is 6.18 Å². The highest BCUT2D eigenvalue weighted by Gasteiger charge is 2.33. The van der Waals surface area contributed by atoms with Crippen LogP contribution in [0.15, 0.2) is 81.1 Å². The van der Waals surface area contributed by atoms with Crippen LogP contribution in [0.5, 0.6) is 11.5 Å². The minimum absolute atomic E-state index is 0.0647. The number of halogens is 4. The molecule has 0 aliphatic rings. The Morgan fingerprint density at radius 3 is 2.39 bits per heavy atom. The van der Waals surface area contributed by atoms with E-state index in [2.05, 4.69) is 26.0 Å². The first-order valence-electron chi connectivity index (χ1n) is 13.3. The third kappa shape index (κ3) is 6.00. The number of aryl methyl sites for hydroxylation is 1. The van der Waals surface area contributed by atoms with Gasteiger partial charge in [0.1, 0.15) is 11.6 Å². The van der Waals surface area contributed by atoms with Crippen molar-refractivity contribution >= 4 is 38.7 Å². The fourth-order valence-corrected chi connectivity index (χ4v) is 5.16. The Balaban J connectivity index is 1.45. The lowest BCUT2D eigenvalue weighted by molar-refractivity contribution is -0.385. The van der Waals surface area contributed by atoms with E-state index in [-0.39, 0.29) is 23.0 Å². The summed E-state index contributed by atoms with van der Waals surface area (Å²) in [5, 5.41) is 16.4. The number of alkyl halides is 3. The van der Waals surface area contributed by atoms with Gasteiger partial charge in [0, 0.05) is 39.1 Å². The summed E-state index contributed by atoms with van der Waals surface area (Å²) in [5.41, 5.74) is 1.58. The Hall–Kier alpha value is -4.78. The number of nitro groups is 1. The summed E-state index contributed by atoms with van der Waals surface area (Å²) in [5.74, 6) is 0.356. The molecule has 2 heterocycles. The summed E-state index contributed by atoms with van der Waals surface area (Å²) in [4.78, 5) is 28.5. The number of fused-ring (bicyclic) bond motifs is 1. The average Bonchev–Trinajstić information content (AvgIpc) is 3.24. The van der Waals surface area contributed by atoms with E-state index in [1.165, 1.54) is 4.68 Å². The van der Waals surface area contributed by atoms with Crippen LogP contribution in [0.25, 0.3) is 16.6 Å². The minimum atomic E-state index is -4.72.